The average Bonchev–Trinajstić information content (AvgIpc) is 3.41. The smallest absolute Gasteiger partial charge is 0.200 e. The molecule has 0 aliphatic heterocycles. The topological polar surface area (TPSA) is 110 Å². The first-order valence-corrected chi connectivity index (χ1v) is 18.7. The van der Waals surface area contributed by atoms with E-state index in [4.69, 9.17) is 11.5 Å². The van der Waals surface area contributed by atoms with Gasteiger partial charge in [0, 0.05) is 53.7 Å². The van der Waals surface area contributed by atoms with Crippen molar-refractivity contribution in [3.8, 4) is 0 Å². The number of aromatic nitrogens is 2. The van der Waals surface area contributed by atoms with Crippen LogP contribution in [0.15, 0.2) is 12.4 Å². The second-order valence-electron chi connectivity index (χ2n) is 15.4. The fourth-order valence-electron chi connectivity index (χ4n) is 4.57. The molecule has 0 bridgehead atoms. The van der Waals surface area contributed by atoms with Gasteiger partial charge < -0.3 is 25.8 Å². The van der Waals surface area contributed by atoms with E-state index in [1.165, 1.54) is 58.0 Å². The summed E-state index contributed by atoms with van der Waals surface area (Å²) in [6.45, 7) is 25.5. The standard InChI is InChI=1S/C11H26N2.C11H23NO.C9H21N.C8H12N2O.Ta/c1-11(2)7-4-5-9-13(3)10-6-8-12;1-8(2)6-5-7-10(12)11(13)9(3)4;1-9(2)7-5-6-8-10(3)4;1-6(2)7(11)8-9-4-5-10(8)3;/h11H,4-10,12H2,1-3H3;8-10H,5-7,12H2,1-4H3;9H,5-8H2,1-4H3;4-6H,1-3H3;/t;10-;;;/m.1.../s1. The third kappa shape index (κ3) is 36.4. The number of rotatable bonds is 21. The minimum absolute atomic E-state index is 0. The molecule has 48 heavy (non-hydrogen) atoms. The van der Waals surface area contributed by atoms with E-state index in [9.17, 15) is 9.59 Å². The number of hydrogen-bond donors (Lipinski definition) is 2. The van der Waals surface area contributed by atoms with Gasteiger partial charge in [0.05, 0.1) is 6.04 Å². The molecule has 4 N–H and O–H groups in total. The zero-order valence-corrected chi connectivity index (χ0v) is 37.4. The van der Waals surface area contributed by atoms with Crippen molar-refractivity contribution >= 4 is 11.6 Å². The van der Waals surface area contributed by atoms with Crippen LogP contribution in [-0.2, 0) is 34.2 Å². The molecular formula is C39H82N6O2Ta. The van der Waals surface area contributed by atoms with E-state index in [1.54, 1.807) is 17.0 Å². The minimum Gasteiger partial charge on any atom is -0.332 e. The molecule has 0 saturated carbocycles. The summed E-state index contributed by atoms with van der Waals surface area (Å²) in [5.41, 5.74) is 11.2. The van der Waals surface area contributed by atoms with Crippen molar-refractivity contribution in [2.24, 2.45) is 48.1 Å². The van der Waals surface area contributed by atoms with Crippen molar-refractivity contribution < 1.29 is 32.0 Å². The van der Waals surface area contributed by atoms with Crippen molar-refractivity contribution in [2.75, 3.05) is 47.3 Å². The number of unbranched alkanes of at least 4 members (excludes halogenated alkanes) is 2. The van der Waals surface area contributed by atoms with E-state index in [-0.39, 0.29) is 51.8 Å². The quantitative estimate of drug-likeness (QED) is 0.0952. The molecule has 0 unspecified atom stereocenters. The normalized spacial score (nSPS) is 11.6. The summed E-state index contributed by atoms with van der Waals surface area (Å²) in [5.74, 6) is 3.38. The number of carbonyl (C=O) groups excluding carboxylic acids is 2. The summed E-state index contributed by atoms with van der Waals surface area (Å²) < 4.78 is 1.74. The first kappa shape index (κ1) is 53.9. The fraction of sp³-hybridized carbons (Fsp3) is 0.872. The molecule has 1 atom stereocenters. The Morgan fingerprint density at radius 3 is 1.54 bits per heavy atom. The SMILES string of the molecule is CC(C)C(=O)c1nccn1C.CC(C)CCCCN(C)C.CC(C)CCCCN(C)CCCN.CC(C)CCC[C@@H](N)C(=O)C(C)C.[Ta]. The van der Waals surface area contributed by atoms with Gasteiger partial charge in [0.15, 0.2) is 11.6 Å². The average molecular weight is 848 g/mol. The predicted octanol–water partition coefficient (Wildman–Crippen LogP) is 8.09. The van der Waals surface area contributed by atoms with Crippen molar-refractivity contribution in [3.05, 3.63) is 18.2 Å². The van der Waals surface area contributed by atoms with E-state index in [0.717, 1.165) is 44.2 Å². The van der Waals surface area contributed by atoms with Gasteiger partial charge in [-0.15, -0.1) is 0 Å². The van der Waals surface area contributed by atoms with Gasteiger partial charge in [-0.1, -0.05) is 108 Å². The molecule has 0 aliphatic rings. The van der Waals surface area contributed by atoms with E-state index < -0.39 is 0 Å². The van der Waals surface area contributed by atoms with Gasteiger partial charge in [0.1, 0.15) is 0 Å². The second-order valence-corrected chi connectivity index (χ2v) is 15.4. The Hall–Kier alpha value is -0.870. The van der Waals surface area contributed by atoms with Crippen LogP contribution in [0, 0.1) is 29.6 Å². The molecule has 1 heterocycles. The first-order chi connectivity index (χ1) is 21.9. The maximum atomic E-state index is 11.4. The van der Waals surface area contributed by atoms with Crippen molar-refractivity contribution in [1.29, 1.82) is 0 Å². The number of ketones is 2. The Bertz CT molecular complexity index is 845. The van der Waals surface area contributed by atoms with Gasteiger partial charge in [-0.2, -0.15) is 0 Å². The van der Waals surface area contributed by atoms with Gasteiger partial charge >= 0.3 is 0 Å². The maximum Gasteiger partial charge on any atom is 0.200 e. The molecule has 0 fully saturated rings. The van der Waals surface area contributed by atoms with E-state index in [2.05, 4.69) is 77.5 Å². The Morgan fingerprint density at radius 1 is 0.708 bits per heavy atom. The largest absolute Gasteiger partial charge is 0.332 e. The maximum absolute atomic E-state index is 11.4. The number of nitrogens with two attached hydrogens (primary N) is 2. The number of aryl methyl sites for hydroxylation is 1. The van der Waals surface area contributed by atoms with Crippen LogP contribution >= 0.6 is 0 Å². The van der Waals surface area contributed by atoms with E-state index in [1.807, 2.05) is 34.7 Å². The molecule has 0 saturated heterocycles. The van der Waals surface area contributed by atoms with Crippen molar-refractivity contribution in [1.82, 2.24) is 19.4 Å². The zero-order chi connectivity index (χ0) is 36.9. The zero-order valence-electron chi connectivity index (χ0n) is 34.2. The Kier molecular flexibility index (Phi) is 38.8. The van der Waals surface area contributed by atoms with E-state index >= 15 is 0 Å². The fourth-order valence-corrected chi connectivity index (χ4v) is 4.57. The molecule has 9 heteroatoms. The first-order valence-electron chi connectivity index (χ1n) is 18.7. The van der Waals surface area contributed by atoms with Crippen LogP contribution in [-0.4, -0.2) is 84.3 Å². The Balaban J connectivity index is -0.000000268. The minimum atomic E-state index is -0.237. The molecular weight excluding hydrogens is 765 g/mol. The van der Waals surface area contributed by atoms with Gasteiger partial charge in [-0.25, -0.2) is 4.98 Å². The molecule has 1 radical (unpaired) electrons. The van der Waals surface area contributed by atoms with Gasteiger partial charge in [0.2, 0.25) is 5.78 Å². The van der Waals surface area contributed by atoms with Crippen LogP contribution < -0.4 is 11.5 Å². The van der Waals surface area contributed by atoms with Crippen LogP contribution in [0.25, 0.3) is 0 Å². The number of nitrogens with zero attached hydrogens (tertiary/aromatic N) is 4. The summed E-state index contributed by atoms with van der Waals surface area (Å²) in [4.78, 5) is 31.3. The molecule has 8 nitrogen and oxygen atoms in total. The van der Waals surface area contributed by atoms with Crippen molar-refractivity contribution in [2.45, 2.75) is 139 Å². The summed E-state index contributed by atoms with van der Waals surface area (Å²) in [6, 6.07) is -0.237. The predicted molar refractivity (Wildman–Crippen MR) is 206 cm³/mol. The molecule has 0 amide bonds. The number of Topliss-reactive ketones (excluding diaryl/α,β-unsaturated/α-hetero) is 2. The van der Waals surface area contributed by atoms with Gasteiger partial charge in [0.25, 0.3) is 0 Å². The van der Waals surface area contributed by atoms with Crippen LogP contribution in [0.4, 0.5) is 0 Å². The Morgan fingerprint density at radius 2 is 1.17 bits per heavy atom. The third-order valence-electron chi connectivity index (χ3n) is 7.75. The van der Waals surface area contributed by atoms with Gasteiger partial charge in [-0.05, 0) is 90.8 Å². The van der Waals surface area contributed by atoms with Gasteiger partial charge in [-0.3, -0.25) is 9.59 Å². The summed E-state index contributed by atoms with van der Waals surface area (Å²) in [7, 11) is 8.28. The molecule has 1 aromatic heterocycles. The Labute approximate surface area is 314 Å². The summed E-state index contributed by atoms with van der Waals surface area (Å²) in [5, 5.41) is 0. The summed E-state index contributed by atoms with van der Waals surface area (Å²) in [6.07, 6.45) is 15.8. The van der Waals surface area contributed by atoms with Crippen LogP contribution in [0.3, 0.4) is 0 Å². The third-order valence-corrected chi connectivity index (χ3v) is 7.75. The molecule has 285 valence electrons. The molecule has 1 rings (SSSR count). The number of carbonyl (C=O) groups is 2. The summed E-state index contributed by atoms with van der Waals surface area (Å²) >= 11 is 0. The molecule has 0 spiro atoms. The van der Waals surface area contributed by atoms with Crippen molar-refractivity contribution in [3.63, 3.8) is 0 Å². The van der Waals surface area contributed by atoms with E-state index in [0.29, 0.717) is 11.7 Å². The van der Waals surface area contributed by atoms with Crippen LogP contribution in [0.1, 0.15) is 144 Å². The van der Waals surface area contributed by atoms with Crippen LogP contribution in [0.5, 0.6) is 0 Å². The molecule has 0 aromatic carbocycles. The molecule has 1 aromatic rings. The second kappa shape index (κ2) is 34.6. The molecule has 0 aliphatic carbocycles. The number of imidazole rings is 1. The van der Waals surface area contributed by atoms with Crippen LogP contribution in [0.2, 0.25) is 0 Å². The monoisotopic (exact) mass is 848 g/mol. The number of hydrogen-bond acceptors (Lipinski definition) is 7.